The van der Waals surface area contributed by atoms with E-state index in [-0.39, 0.29) is 6.04 Å². The second kappa shape index (κ2) is 4.73. The van der Waals surface area contributed by atoms with Gasteiger partial charge >= 0.3 is 0 Å². The highest BCUT2D eigenvalue weighted by Gasteiger charge is 2.38. The summed E-state index contributed by atoms with van der Waals surface area (Å²) in [6.07, 6.45) is 3.14. The molecule has 3 nitrogen and oxygen atoms in total. The Kier molecular flexibility index (Phi) is 3.08. The van der Waals surface area contributed by atoms with Crippen molar-refractivity contribution in [2.45, 2.75) is 38.3 Å². The summed E-state index contributed by atoms with van der Waals surface area (Å²) >= 11 is 0. The van der Waals surface area contributed by atoms with Crippen molar-refractivity contribution in [3.05, 3.63) is 35.4 Å². The highest BCUT2D eigenvalue weighted by molar-refractivity contribution is 5.84. The molecule has 96 valence electrons. The summed E-state index contributed by atoms with van der Waals surface area (Å²) < 4.78 is 0. The topological polar surface area (TPSA) is 32.3 Å². The summed E-state index contributed by atoms with van der Waals surface area (Å²) in [6, 6.07) is 8.91. The molecule has 18 heavy (non-hydrogen) atoms. The number of rotatable bonds is 3. The highest BCUT2D eigenvalue weighted by atomic mass is 16.2. The van der Waals surface area contributed by atoms with Gasteiger partial charge in [-0.1, -0.05) is 31.2 Å². The van der Waals surface area contributed by atoms with E-state index >= 15 is 0 Å². The first kappa shape index (κ1) is 11.7. The van der Waals surface area contributed by atoms with Crippen molar-refractivity contribution in [2.24, 2.45) is 0 Å². The molecule has 2 aliphatic rings. The summed E-state index contributed by atoms with van der Waals surface area (Å²) in [5.41, 5.74) is 2.78. The molecule has 1 N–H and O–H groups in total. The molecule has 1 aliphatic carbocycles. The van der Waals surface area contributed by atoms with Crippen LogP contribution in [0.3, 0.4) is 0 Å². The fourth-order valence-electron chi connectivity index (χ4n) is 3.31. The van der Waals surface area contributed by atoms with Crippen molar-refractivity contribution < 1.29 is 4.79 Å². The first-order valence-corrected chi connectivity index (χ1v) is 6.93. The first-order chi connectivity index (χ1) is 8.81. The van der Waals surface area contributed by atoms with E-state index in [4.69, 9.17) is 0 Å². The molecular formula is C15H20N2O. The van der Waals surface area contributed by atoms with Crippen LogP contribution >= 0.6 is 0 Å². The standard InChI is InChI=1S/C15H20N2O/c1-2-16-13-9-10-17(15(13)18)14-8-7-11-5-3-4-6-12(11)14/h3-6,13-14,16H,2,7-10H2,1H3. The minimum atomic E-state index is 0.0442. The molecular weight excluding hydrogens is 224 g/mol. The first-order valence-electron chi connectivity index (χ1n) is 6.93. The van der Waals surface area contributed by atoms with Crippen molar-refractivity contribution >= 4 is 5.91 Å². The molecule has 0 spiro atoms. The van der Waals surface area contributed by atoms with Crippen LogP contribution in [0.2, 0.25) is 0 Å². The van der Waals surface area contributed by atoms with E-state index in [9.17, 15) is 4.79 Å². The lowest BCUT2D eigenvalue weighted by Gasteiger charge is -2.25. The second-order valence-electron chi connectivity index (χ2n) is 5.18. The molecule has 0 aromatic heterocycles. The van der Waals surface area contributed by atoms with Crippen molar-refractivity contribution in [3.8, 4) is 0 Å². The van der Waals surface area contributed by atoms with Gasteiger partial charge in [0.1, 0.15) is 0 Å². The lowest BCUT2D eigenvalue weighted by atomic mass is 10.1. The Morgan fingerprint density at radius 3 is 3.00 bits per heavy atom. The molecule has 2 unspecified atom stereocenters. The summed E-state index contributed by atoms with van der Waals surface area (Å²) in [7, 11) is 0. The smallest absolute Gasteiger partial charge is 0.240 e. The number of nitrogens with zero attached hydrogens (tertiary/aromatic N) is 1. The fraction of sp³-hybridized carbons (Fsp3) is 0.533. The van der Waals surface area contributed by atoms with Crippen LogP contribution in [-0.4, -0.2) is 29.9 Å². The molecule has 1 aromatic rings. The van der Waals surface area contributed by atoms with Crippen molar-refractivity contribution in [1.29, 1.82) is 0 Å². The van der Waals surface area contributed by atoms with E-state index in [1.54, 1.807) is 0 Å². The molecule has 1 aromatic carbocycles. The number of amides is 1. The van der Waals surface area contributed by atoms with Crippen molar-refractivity contribution in [2.75, 3.05) is 13.1 Å². The molecule has 0 saturated carbocycles. The Morgan fingerprint density at radius 1 is 1.33 bits per heavy atom. The van der Waals surface area contributed by atoms with Gasteiger partial charge in [-0.15, -0.1) is 0 Å². The van der Waals surface area contributed by atoms with Crippen LogP contribution in [0.15, 0.2) is 24.3 Å². The molecule has 1 aliphatic heterocycles. The molecule has 1 fully saturated rings. The van der Waals surface area contributed by atoms with Crippen LogP contribution in [0.25, 0.3) is 0 Å². The van der Waals surface area contributed by atoms with Gasteiger partial charge in [0.2, 0.25) is 5.91 Å². The van der Waals surface area contributed by atoms with Crippen LogP contribution in [0.4, 0.5) is 0 Å². The zero-order chi connectivity index (χ0) is 12.5. The average Bonchev–Trinajstić information content (AvgIpc) is 2.95. The fourth-order valence-corrected chi connectivity index (χ4v) is 3.31. The number of carbonyl (C=O) groups is 1. The van der Waals surface area contributed by atoms with Crippen LogP contribution < -0.4 is 5.32 Å². The number of benzene rings is 1. The summed E-state index contributed by atoms with van der Waals surface area (Å²) in [6.45, 7) is 3.82. The SMILES string of the molecule is CCNC1CCN(C2CCc3ccccc32)C1=O. The van der Waals surface area contributed by atoms with Gasteiger partial charge in [-0.25, -0.2) is 0 Å². The molecule has 1 amide bonds. The highest BCUT2D eigenvalue weighted by Crippen LogP contribution is 2.37. The van der Waals surface area contributed by atoms with E-state index in [0.717, 1.165) is 32.4 Å². The van der Waals surface area contributed by atoms with Gasteiger partial charge in [0.25, 0.3) is 0 Å². The molecule has 1 heterocycles. The van der Waals surface area contributed by atoms with Gasteiger partial charge in [0, 0.05) is 6.54 Å². The van der Waals surface area contributed by atoms with Crippen molar-refractivity contribution in [1.82, 2.24) is 10.2 Å². The Hall–Kier alpha value is -1.35. The van der Waals surface area contributed by atoms with Crippen LogP contribution in [0.1, 0.15) is 36.9 Å². The van der Waals surface area contributed by atoms with Crippen LogP contribution in [0.5, 0.6) is 0 Å². The third-order valence-electron chi connectivity index (χ3n) is 4.17. The number of likely N-dealkylation sites (N-methyl/N-ethyl adjacent to an activating group) is 1. The normalized spacial score (nSPS) is 26.7. The van der Waals surface area contributed by atoms with Crippen LogP contribution in [-0.2, 0) is 11.2 Å². The maximum atomic E-state index is 12.4. The number of nitrogens with one attached hydrogen (secondary N) is 1. The summed E-state index contributed by atoms with van der Waals surface area (Å²) in [5, 5.41) is 3.28. The van der Waals surface area contributed by atoms with E-state index in [0.29, 0.717) is 11.9 Å². The second-order valence-corrected chi connectivity index (χ2v) is 5.18. The third kappa shape index (κ3) is 1.83. The molecule has 3 heteroatoms. The van der Waals surface area contributed by atoms with Crippen LogP contribution in [0, 0.1) is 0 Å². The van der Waals surface area contributed by atoms with Crippen molar-refractivity contribution in [3.63, 3.8) is 0 Å². The van der Waals surface area contributed by atoms with Gasteiger partial charge in [0.15, 0.2) is 0 Å². The molecule has 2 atom stereocenters. The van der Waals surface area contributed by atoms with Gasteiger partial charge in [0.05, 0.1) is 12.1 Å². The predicted octanol–water partition coefficient (Wildman–Crippen LogP) is 1.88. The van der Waals surface area contributed by atoms with Gasteiger partial charge < -0.3 is 10.2 Å². The number of likely N-dealkylation sites (tertiary alicyclic amines) is 1. The van der Waals surface area contributed by atoms with Gasteiger partial charge in [-0.3, -0.25) is 4.79 Å². The monoisotopic (exact) mass is 244 g/mol. The lowest BCUT2D eigenvalue weighted by molar-refractivity contribution is -0.131. The van der Waals surface area contributed by atoms with E-state index < -0.39 is 0 Å². The minimum Gasteiger partial charge on any atom is -0.334 e. The third-order valence-corrected chi connectivity index (χ3v) is 4.17. The number of carbonyl (C=O) groups excluding carboxylic acids is 1. The summed E-state index contributed by atoms with van der Waals surface area (Å²) in [4.78, 5) is 14.4. The maximum Gasteiger partial charge on any atom is 0.240 e. The number of aryl methyl sites for hydroxylation is 1. The number of hydrogen-bond donors (Lipinski definition) is 1. The zero-order valence-electron chi connectivity index (χ0n) is 10.9. The molecule has 1 saturated heterocycles. The maximum absolute atomic E-state index is 12.4. The van der Waals surface area contributed by atoms with Gasteiger partial charge in [-0.2, -0.15) is 0 Å². The average molecular weight is 244 g/mol. The quantitative estimate of drug-likeness (QED) is 0.880. The minimum absolute atomic E-state index is 0.0442. The largest absolute Gasteiger partial charge is 0.334 e. The summed E-state index contributed by atoms with van der Waals surface area (Å²) in [5.74, 6) is 0.290. The molecule has 0 radical (unpaired) electrons. The Labute approximate surface area is 108 Å². The van der Waals surface area contributed by atoms with E-state index in [1.165, 1.54) is 11.1 Å². The number of fused-ring (bicyclic) bond motifs is 1. The Balaban J connectivity index is 1.80. The molecule has 0 bridgehead atoms. The molecule has 3 rings (SSSR count). The Morgan fingerprint density at radius 2 is 2.17 bits per heavy atom. The van der Waals surface area contributed by atoms with E-state index in [1.807, 2.05) is 0 Å². The van der Waals surface area contributed by atoms with Gasteiger partial charge in [-0.05, 0) is 36.9 Å². The predicted molar refractivity (Wildman–Crippen MR) is 71.3 cm³/mol. The number of hydrogen-bond acceptors (Lipinski definition) is 2. The zero-order valence-corrected chi connectivity index (χ0v) is 10.9. The lowest BCUT2D eigenvalue weighted by Crippen LogP contribution is -2.39. The van der Waals surface area contributed by atoms with E-state index in [2.05, 4.69) is 41.4 Å². The Bertz CT molecular complexity index is 458.